The Morgan fingerprint density at radius 1 is 1.24 bits per heavy atom. The number of rotatable bonds is 4. The van der Waals surface area contributed by atoms with Gasteiger partial charge in [-0.3, -0.25) is 4.79 Å². The summed E-state index contributed by atoms with van der Waals surface area (Å²) in [4.78, 5) is 23.5. The summed E-state index contributed by atoms with van der Waals surface area (Å²) in [6.07, 6.45) is 0.453. The molecule has 1 amide bonds. The number of carbonyl (C=O) groups excluding carboxylic acids is 1. The molecule has 0 aliphatic carbocycles. The highest BCUT2D eigenvalue weighted by Gasteiger charge is 2.27. The van der Waals surface area contributed by atoms with Crippen molar-refractivity contribution in [2.45, 2.75) is 25.8 Å². The van der Waals surface area contributed by atoms with Crippen LogP contribution in [0.25, 0.3) is 10.8 Å². The summed E-state index contributed by atoms with van der Waals surface area (Å²) in [6.45, 7) is 3.42. The molecule has 5 heteroatoms. The Hall–Kier alpha value is -2.40. The molecular formula is C16H18N2O3. The number of anilines is 1. The maximum Gasteiger partial charge on any atom is 0.337 e. The molecule has 1 unspecified atom stereocenters. The van der Waals surface area contributed by atoms with Gasteiger partial charge in [0.2, 0.25) is 5.91 Å². The lowest BCUT2D eigenvalue weighted by Gasteiger charge is -2.22. The Labute approximate surface area is 122 Å². The van der Waals surface area contributed by atoms with Crippen LogP contribution in [-0.4, -0.2) is 22.5 Å². The van der Waals surface area contributed by atoms with Crippen LogP contribution in [0, 0.1) is 0 Å². The van der Waals surface area contributed by atoms with E-state index in [1.807, 2.05) is 24.3 Å². The maximum atomic E-state index is 12.1. The van der Waals surface area contributed by atoms with Crippen LogP contribution >= 0.6 is 0 Å². The van der Waals surface area contributed by atoms with Crippen LogP contribution in [0.3, 0.4) is 0 Å². The highest BCUT2D eigenvalue weighted by atomic mass is 16.4. The van der Waals surface area contributed by atoms with Gasteiger partial charge in [0.1, 0.15) is 0 Å². The largest absolute Gasteiger partial charge is 0.478 e. The standard InChI is InChI=1S/C16H18N2O3/c1-3-16(2,17)15(21)18-13-9-11-7-5-4-6-10(11)8-12(13)14(19)20/h4-9H,3,17H2,1-2H3,(H,18,21)(H,19,20). The molecule has 0 bridgehead atoms. The van der Waals surface area contributed by atoms with Crippen molar-refractivity contribution in [3.05, 3.63) is 42.0 Å². The average Bonchev–Trinajstić information content (AvgIpc) is 2.46. The van der Waals surface area contributed by atoms with E-state index in [9.17, 15) is 14.7 Å². The van der Waals surface area contributed by atoms with Crippen molar-refractivity contribution >= 4 is 28.3 Å². The normalized spacial score (nSPS) is 13.7. The van der Waals surface area contributed by atoms with Crippen LogP contribution in [-0.2, 0) is 4.79 Å². The smallest absolute Gasteiger partial charge is 0.337 e. The molecule has 110 valence electrons. The lowest BCUT2D eigenvalue weighted by atomic mass is 9.98. The summed E-state index contributed by atoms with van der Waals surface area (Å²) in [5.41, 5.74) is 5.16. The molecule has 0 aliphatic heterocycles. The summed E-state index contributed by atoms with van der Waals surface area (Å²) in [7, 11) is 0. The summed E-state index contributed by atoms with van der Waals surface area (Å²) in [6, 6.07) is 10.6. The molecule has 0 spiro atoms. The molecule has 0 radical (unpaired) electrons. The second kappa shape index (κ2) is 5.54. The second-order valence-corrected chi connectivity index (χ2v) is 5.28. The van der Waals surface area contributed by atoms with E-state index in [0.717, 1.165) is 10.8 Å². The molecule has 2 rings (SSSR count). The van der Waals surface area contributed by atoms with Gasteiger partial charge in [0.15, 0.2) is 0 Å². The van der Waals surface area contributed by atoms with Gasteiger partial charge in [0.25, 0.3) is 0 Å². The van der Waals surface area contributed by atoms with Gasteiger partial charge >= 0.3 is 5.97 Å². The predicted molar refractivity (Wildman–Crippen MR) is 82.4 cm³/mol. The van der Waals surface area contributed by atoms with Gasteiger partial charge < -0.3 is 16.2 Å². The third-order valence-electron chi connectivity index (χ3n) is 3.62. The summed E-state index contributed by atoms with van der Waals surface area (Å²) in [5.74, 6) is -1.49. The van der Waals surface area contributed by atoms with Crippen LogP contribution in [0.1, 0.15) is 30.6 Å². The third-order valence-corrected chi connectivity index (χ3v) is 3.62. The van der Waals surface area contributed by atoms with Gasteiger partial charge in [-0.1, -0.05) is 31.2 Å². The zero-order chi connectivity index (χ0) is 15.6. The number of nitrogens with two attached hydrogens (primary N) is 1. The maximum absolute atomic E-state index is 12.1. The minimum Gasteiger partial charge on any atom is -0.478 e. The third kappa shape index (κ3) is 3.03. The van der Waals surface area contributed by atoms with Crippen LogP contribution < -0.4 is 11.1 Å². The fourth-order valence-electron chi connectivity index (χ4n) is 1.95. The number of carboxylic acids is 1. The number of aromatic carboxylic acids is 1. The molecular weight excluding hydrogens is 268 g/mol. The fraction of sp³-hybridized carbons (Fsp3) is 0.250. The van der Waals surface area contributed by atoms with Gasteiger partial charge in [0, 0.05) is 0 Å². The van der Waals surface area contributed by atoms with Gasteiger partial charge in [-0.2, -0.15) is 0 Å². The SMILES string of the molecule is CCC(C)(N)C(=O)Nc1cc2ccccc2cc1C(=O)O. The zero-order valence-electron chi connectivity index (χ0n) is 12.0. The van der Waals surface area contributed by atoms with E-state index in [4.69, 9.17) is 5.73 Å². The molecule has 2 aromatic carbocycles. The zero-order valence-corrected chi connectivity index (χ0v) is 12.0. The molecule has 4 N–H and O–H groups in total. The highest BCUT2D eigenvalue weighted by molar-refractivity contribution is 6.07. The lowest BCUT2D eigenvalue weighted by Crippen LogP contribution is -2.48. The Balaban J connectivity index is 2.49. The van der Waals surface area contributed by atoms with E-state index in [1.54, 1.807) is 26.0 Å². The van der Waals surface area contributed by atoms with E-state index < -0.39 is 17.4 Å². The second-order valence-electron chi connectivity index (χ2n) is 5.28. The van der Waals surface area contributed by atoms with Crippen molar-refractivity contribution < 1.29 is 14.7 Å². The lowest BCUT2D eigenvalue weighted by molar-refractivity contribution is -0.120. The van der Waals surface area contributed by atoms with E-state index >= 15 is 0 Å². The summed E-state index contributed by atoms with van der Waals surface area (Å²) >= 11 is 0. The quantitative estimate of drug-likeness (QED) is 0.805. The number of carboxylic acid groups (broad SMARTS) is 1. The first-order valence-electron chi connectivity index (χ1n) is 6.71. The monoisotopic (exact) mass is 286 g/mol. The number of nitrogens with one attached hydrogen (secondary N) is 1. The van der Waals surface area contributed by atoms with Crippen molar-refractivity contribution in [2.75, 3.05) is 5.32 Å². The highest BCUT2D eigenvalue weighted by Crippen LogP contribution is 2.25. The molecule has 5 nitrogen and oxygen atoms in total. The topological polar surface area (TPSA) is 92.4 Å². The first-order chi connectivity index (χ1) is 9.85. The fourth-order valence-corrected chi connectivity index (χ4v) is 1.95. The van der Waals surface area contributed by atoms with Gasteiger partial charge in [-0.25, -0.2) is 4.79 Å². The van der Waals surface area contributed by atoms with E-state index in [0.29, 0.717) is 6.42 Å². The Morgan fingerprint density at radius 2 is 1.81 bits per heavy atom. The van der Waals surface area contributed by atoms with Crippen LogP contribution in [0.15, 0.2) is 36.4 Å². The number of fused-ring (bicyclic) bond motifs is 1. The molecule has 0 heterocycles. The molecule has 21 heavy (non-hydrogen) atoms. The Kier molecular flexibility index (Phi) is 3.95. The minimum atomic E-state index is -1.09. The number of hydrogen-bond acceptors (Lipinski definition) is 3. The van der Waals surface area contributed by atoms with Crippen molar-refractivity contribution in [2.24, 2.45) is 5.73 Å². The molecule has 0 saturated heterocycles. The summed E-state index contributed by atoms with van der Waals surface area (Å²) in [5, 5.41) is 13.6. The number of hydrogen-bond donors (Lipinski definition) is 3. The van der Waals surface area contributed by atoms with Crippen LogP contribution in [0.5, 0.6) is 0 Å². The molecule has 1 atom stereocenters. The molecule has 0 saturated carbocycles. The van der Waals surface area contributed by atoms with Crippen molar-refractivity contribution in [1.82, 2.24) is 0 Å². The minimum absolute atomic E-state index is 0.0500. The summed E-state index contributed by atoms with van der Waals surface area (Å²) < 4.78 is 0. The van der Waals surface area contributed by atoms with E-state index in [1.165, 1.54) is 0 Å². The Morgan fingerprint density at radius 3 is 2.33 bits per heavy atom. The average molecular weight is 286 g/mol. The molecule has 0 fully saturated rings. The first-order valence-corrected chi connectivity index (χ1v) is 6.71. The van der Waals surface area contributed by atoms with Crippen LogP contribution in [0.2, 0.25) is 0 Å². The van der Waals surface area contributed by atoms with Crippen molar-refractivity contribution in [1.29, 1.82) is 0 Å². The first kappa shape index (κ1) is 15.0. The molecule has 0 aromatic heterocycles. The number of amides is 1. The van der Waals surface area contributed by atoms with E-state index in [2.05, 4.69) is 5.32 Å². The Bertz CT molecular complexity index is 708. The molecule has 0 aliphatic rings. The van der Waals surface area contributed by atoms with Crippen LogP contribution in [0.4, 0.5) is 5.69 Å². The van der Waals surface area contributed by atoms with E-state index in [-0.39, 0.29) is 11.3 Å². The van der Waals surface area contributed by atoms with Crippen molar-refractivity contribution in [3.8, 4) is 0 Å². The number of benzene rings is 2. The molecule has 2 aromatic rings. The van der Waals surface area contributed by atoms with Gasteiger partial charge in [0.05, 0.1) is 16.8 Å². The van der Waals surface area contributed by atoms with Crippen molar-refractivity contribution in [3.63, 3.8) is 0 Å². The van der Waals surface area contributed by atoms with Gasteiger partial charge in [-0.05, 0) is 36.2 Å². The number of carbonyl (C=O) groups is 2. The predicted octanol–water partition coefficient (Wildman–Crippen LogP) is 2.60. The van der Waals surface area contributed by atoms with Gasteiger partial charge in [-0.15, -0.1) is 0 Å².